The maximum atomic E-state index is 4.76. The Labute approximate surface area is 123 Å². The van der Waals surface area contributed by atoms with Gasteiger partial charge in [-0.2, -0.15) is 0 Å². The fourth-order valence-corrected chi connectivity index (χ4v) is 2.49. The smallest absolute Gasteiger partial charge is 0.129 e. The topological polar surface area (TPSA) is 28.2 Å². The summed E-state index contributed by atoms with van der Waals surface area (Å²) in [5.74, 6) is 2.07. The van der Waals surface area contributed by atoms with Crippen LogP contribution in [0.1, 0.15) is 51.3 Å². The lowest BCUT2D eigenvalue weighted by molar-refractivity contribution is 0.588. The molecule has 1 aliphatic carbocycles. The zero-order chi connectivity index (χ0) is 14.5. The molecule has 1 aromatic heterocycles. The van der Waals surface area contributed by atoms with Crippen LogP contribution in [-0.2, 0) is 6.54 Å². The fraction of sp³-hybridized carbons (Fsp3) is 0.706. The van der Waals surface area contributed by atoms with E-state index >= 15 is 0 Å². The van der Waals surface area contributed by atoms with Crippen LogP contribution < -0.4 is 10.2 Å². The normalized spacial score (nSPS) is 14.8. The Balaban J connectivity index is 2.10. The molecule has 0 unspecified atom stereocenters. The SMILES string of the molecule is CCCN(CC1CC1)c1cc(CNC(C)C)cc(C)n1. The first kappa shape index (κ1) is 15.3. The van der Waals surface area contributed by atoms with Gasteiger partial charge >= 0.3 is 0 Å². The molecule has 0 aromatic carbocycles. The molecule has 112 valence electrons. The summed E-state index contributed by atoms with van der Waals surface area (Å²) in [6.07, 6.45) is 3.98. The van der Waals surface area contributed by atoms with Gasteiger partial charge in [-0.05, 0) is 49.8 Å². The molecule has 1 N–H and O–H groups in total. The van der Waals surface area contributed by atoms with Crippen molar-refractivity contribution in [2.24, 2.45) is 5.92 Å². The molecule has 0 aliphatic heterocycles. The lowest BCUT2D eigenvalue weighted by Crippen LogP contribution is -2.28. The minimum absolute atomic E-state index is 0.519. The molecule has 0 bridgehead atoms. The second-order valence-corrected chi connectivity index (χ2v) is 6.40. The molecule has 1 saturated carbocycles. The second kappa shape index (κ2) is 7.07. The maximum absolute atomic E-state index is 4.76. The number of anilines is 1. The first-order valence-corrected chi connectivity index (χ1v) is 8.04. The second-order valence-electron chi connectivity index (χ2n) is 6.40. The van der Waals surface area contributed by atoms with Crippen molar-refractivity contribution in [3.05, 3.63) is 23.4 Å². The van der Waals surface area contributed by atoms with Gasteiger partial charge in [-0.15, -0.1) is 0 Å². The first-order chi connectivity index (χ1) is 9.58. The summed E-state index contributed by atoms with van der Waals surface area (Å²) < 4.78 is 0. The van der Waals surface area contributed by atoms with E-state index in [4.69, 9.17) is 4.98 Å². The molecule has 1 aliphatic rings. The summed E-state index contributed by atoms with van der Waals surface area (Å²) in [6.45, 7) is 11.9. The standard InChI is InChI=1S/C17H29N3/c1-5-8-20(12-15-6-7-15)17-10-16(9-14(4)19-17)11-18-13(2)3/h9-10,13,15,18H,5-8,11-12H2,1-4H3. The molecular weight excluding hydrogens is 246 g/mol. The number of hydrogen-bond donors (Lipinski definition) is 1. The number of aromatic nitrogens is 1. The largest absolute Gasteiger partial charge is 0.356 e. The van der Waals surface area contributed by atoms with Crippen LogP contribution in [0.25, 0.3) is 0 Å². The van der Waals surface area contributed by atoms with Gasteiger partial charge in [-0.1, -0.05) is 20.8 Å². The molecule has 3 nitrogen and oxygen atoms in total. The number of rotatable bonds is 8. The fourth-order valence-electron chi connectivity index (χ4n) is 2.49. The van der Waals surface area contributed by atoms with E-state index in [1.54, 1.807) is 0 Å². The lowest BCUT2D eigenvalue weighted by Gasteiger charge is -2.24. The van der Waals surface area contributed by atoms with Gasteiger partial charge in [0.05, 0.1) is 0 Å². The Morgan fingerprint density at radius 2 is 2.10 bits per heavy atom. The highest BCUT2D eigenvalue weighted by Crippen LogP contribution is 2.31. The Morgan fingerprint density at radius 3 is 2.70 bits per heavy atom. The van der Waals surface area contributed by atoms with Crippen molar-refractivity contribution < 1.29 is 0 Å². The quantitative estimate of drug-likeness (QED) is 0.787. The highest BCUT2D eigenvalue weighted by atomic mass is 15.2. The van der Waals surface area contributed by atoms with Crippen LogP contribution in [-0.4, -0.2) is 24.1 Å². The molecule has 1 aromatic rings. The van der Waals surface area contributed by atoms with Crippen LogP contribution in [0.15, 0.2) is 12.1 Å². The Bertz CT molecular complexity index is 424. The van der Waals surface area contributed by atoms with Crippen LogP contribution in [0.3, 0.4) is 0 Å². The Morgan fingerprint density at radius 1 is 1.35 bits per heavy atom. The van der Waals surface area contributed by atoms with Crippen LogP contribution in [0.5, 0.6) is 0 Å². The summed E-state index contributed by atoms with van der Waals surface area (Å²) in [5.41, 5.74) is 2.47. The van der Waals surface area contributed by atoms with Crippen molar-refractivity contribution in [2.45, 2.75) is 59.5 Å². The van der Waals surface area contributed by atoms with Gasteiger partial charge in [0.15, 0.2) is 0 Å². The molecule has 0 spiro atoms. The van der Waals surface area contributed by atoms with Crippen molar-refractivity contribution in [1.29, 1.82) is 0 Å². The van der Waals surface area contributed by atoms with Gasteiger partial charge in [0.25, 0.3) is 0 Å². The molecule has 1 heterocycles. The summed E-state index contributed by atoms with van der Waals surface area (Å²) in [4.78, 5) is 7.23. The van der Waals surface area contributed by atoms with Crippen molar-refractivity contribution in [3.63, 3.8) is 0 Å². The zero-order valence-electron chi connectivity index (χ0n) is 13.4. The van der Waals surface area contributed by atoms with E-state index in [0.29, 0.717) is 6.04 Å². The minimum Gasteiger partial charge on any atom is -0.356 e. The third kappa shape index (κ3) is 4.78. The average Bonchev–Trinajstić information content (AvgIpc) is 3.19. The molecule has 20 heavy (non-hydrogen) atoms. The molecular formula is C17H29N3. The van der Waals surface area contributed by atoms with E-state index in [-0.39, 0.29) is 0 Å². The number of pyridine rings is 1. The summed E-state index contributed by atoms with van der Waals surface area (Å²) >= 11 is 0. The number of nitrogens with zero attached hydrogens (tertiary/aromatic N) is 2. The average molecular weight is 275 g/mol. The Kier molecular flexibility index (Phi) is 5.41. The third-order valence-electron chi connectivity index (χ3n) is 3.71. The minimum atomic E-state index is 0.519. The van der Waals surface area contributed by atoms with E-state index in [2.05, 4.69) is 50.0 Å². The van der Waals surface area contributed by atoms with Gasteiger partial charge in [-0.25, -0.2) is 4.98 Å². The highest BCUT2D eigenvalue weighted by molar-refractivity contribution is 5.43. The predicted octanol–water partition coefficient (Wildman–Crippen LogP) is 3.51. The van der Waals surface area contributed by atoms with Crippen molar-refractivity contribution in [2.75, 3.05) is 18.0 Å². The van der Waals surface area contributed by atoms with E-state index in [9.17, 15) is 0 Å². The summed E-state index contributed by atoms with van der Waals surface area (Å²) in [6, 6.07) is 4.98. The first-order valence-electron chi connectivity index (χ1n) is 8.04. The van der Waals surface area contributed by atoms with Crippen LogP contribution >= 0.6 is 0 Å². The number of hydrogen-bond acceptors (Lipinski definition) is 3. The predicted molar refractivity (Wildman–Crippen MR) is 86.2 cm³/mol. The van der Waals surface area contributed by atoms with E-state index < -0.39 is 0 Å². The maximum Gasteiger partial charge on any atom is 0.129 e. The van der Waals surface area contributed by atoms with Gasteiger partial charge in [0, 0.05) is 31.4 Å². The van der Waals surface area contributed by atoms with Crippen LogP contribution in [0.4, 0.5) is 5.82 Å². The van der Waals surface area contributed by atoms with E-state index in [0.717, 1.165) is 24.7 Å². The number of nitrogens with one attached hydrogen (secondary N) is 1. The molecule has 0 radical (unpaired) electrons. The van der Waals surface area contributed by atoms with Crippen LogP contribution in [0, 0.1) is 12.8 Å². The Hall–Kier alpha value is -1.09. The van der Waals surface area contributed by atoms with Gasteiger partial charge in [0.1, 0.15) is 5.82 Å². The van der Waals surface area contributed by atoms with E-state index in [1.807, 2.05) is 0 Å². The zero-order valence-corrected chi connectivity index (χ0v) is 13.4. The molecule has 3 heteroatoms. The van der Waals surface area contributed by atoms with Gasteiger partial charge < -0.3 is 10.2 Å². The van der Waals surface area contributed by atoms with E-state index in [1.165, 1.54) is 37.2 Å². The lowest BCUT2D eigenvalue weighted by atomic mass is 10.2. The summed E-state index contributed by atoms with van der Waals surface area (Å²) in [5, 5.41) is 3.49. The molecule has 1 fully saturated rings. The van der Waals surface area contributed by atoms with Crippen LogP contribution in [0.2, 0.25) is 0 Å². The molecule has 2 rings (SSSR count). The summed E-state index contributed by atoms with van der Waals surface area (Å²) in [7, 11) is 0. The van der Waals surface area contributed by atoms with Crippen molar-refractivity contribution in [1.82, 2.24) is 10.3 Å². The molecule has 0 amide bonds. The monoisotopic (exact) mass is 275 g/mol. The highest BCUT2D eigenvalue weighted by Gasteiger charge is 2.24. The molecule has 0 saturated heterocycles. The van der Waals surface area contributed by atoms with Crippen molar-refractivity contribution >= 4 is 5.82 Å². The third-order valence-corrected chi connectivity index (χ3v) is 3.71. The van der Waals surface area contributed by atoms with Gasteiger partial charge in [0.2, 0.25) is 0 Å². The van der Waals surface area contributed by atoms with Crippen molar-refractivity contribution in [3.8, 4) is 0 Å². The molecule has 0 atom stereocenters. The van der Waals surface area contributed by atoms with Gasteiger partial charge in [-0.3, -0.25) is 0 Å². The number of aryl methyl sites for hydroxylation is 1.